The zero-order valence-corrected chi connectivity index (χ0v) is 11.0. The number of aldehydes is 1. The molecule has 0 saturated heterocycles. The van der Waals surface area contributed by atoms with E-state index in [0.29, 0.717) is 6.42 Å². The molecule has 0 aromatic heterocycles. The lowest BCUT2D eigenvalue weighted by Crippen LogP contribution is -1.76. The molecule has 0 unspecified atom stereocenters. The Morgan fingerprint density at radius 1 is 1.13 bits per heavy atom. The van der Waals surface area contributed by atoms with Crippen LogP contribution in [0.1, 0.15) is 25.7 Å². The maximum Gasteiger partial charge on any atom is 0.120 e. The van der Waals surface area contributed by atoms with Crippen LogP contribution in [-0.4, -0.2) is 31.3 Å². The molecule has 0 heterocycles. The van der Waals surface area contributed by atoms with E-state index in [4.69, 9.17) is 5.11 Å². The van der Waals surface area contributed by atoms with Crippen LogP contribution in [0.15, 0.2) is 25.3 Å². The minimum absolute atomic E-state index is 0.284. The molecule has 0 rings (SSSR count). The third kappa shape index (κ3) is 58.8. The highest BCUT2D eigenvalue weighted by molar-refractivity contribution is 7.35. The fraction of sp³-hybridized carbons (Fsp3) is 0.583. The Bertz CT molecular complexity index is 117. The largest absolute Gasteiger partial charge is 0.396 e. The van der Waals surface area contributed by atoms with Crippen molar-refractivity contribution in [3.8, 4) is 0 Å². The highest BCUT2D eigenvalue weighted by Crippen LogP contribution is 1.84. The van der Waals surface area contributed by atoms with Crippen LogP contribution in [0.4, 0.5) is 0 Å². The number of aliphatic hydroxyl groups is 1. The van der Waals surface area contributed by atoms with Gasteiger partial charge in [-0.05, 0) is 32.6 Å². The normalized spacial score (nSPS) is 7.40. The summed E-state index contributed by atoms with van der Waals surface area (Å²) >= 11 is 0. The summed E-state index contributed by atoms with van der Waals surface area (Å²) < 4.78 is 0. The average molecular weight is 232 g/mol. The van der Waals surface area contributed by atoms with Crippen LogP contribution in [-0.2, 0) is 4.79 Å². The molecule has 0 bridgehead atoms. The molecule has 0 atom stereocenters. The molecule has 0 aliphatic heterocycles. The first-order chi connectivity index (χ1) is 7.24. The Morgan fingerprint density at radius 3 is 1.73 bits per heavy atom. The van der Waals surface area contributed by atoms with Crippen LogP contribution in [0.3, 0.4) is 0 Å². The average Bonchev–Trinajstić information content (AvgIpc) is 2.25. The van der Waals surface area contributed by atoms with Gasteiger partial charge in [-0.2, -0.15) is 0 Å². The standard InChI is InChI=1S/C5H10O.C5H8O.C2H7P/c2*1-2-3-4-5-6;1-3-2/h2,6H,1,3-5H2;2,5H,1,3-4H2;3H,1-2H3. The highest BCUT2D eigenvalue weighted by atomic mass is 31.1. The van der Waals surface area contributed by atoms with E-state index in [1.807, 2.05) is 0 Å². The molecule has 15 heavy (non-hydrogen) atoms. The van der Waals surface area contributed by atoms with Crippen molar-refractivity contribution in [2.75, 3.05) is 19.9 Å². The van der Waals surface area contributed by atoms with Gasteiger partial charge in [-0.15, -0.1) is 21.7 Å². The van der Waals surface area contributed by atoms with Crippen molar-refractivity contribution in [2.24, 2.45) is 0 Å². The molecule has 0 aliphatic rings. The van der Waals surface area contributed by atoms with Crippen LogP contribution in [0.25, 0.3) is 0 Å². The van der Waals surface area contributed by atoms with Gasteiger partial charge < -0.3 is 9.90 Å². The minimum atomic E-state index is 0.284. The van der Waals surface area contributed by atoms with E-state index >= 15 is 0 Å². The number of hydrogen-bond donors (Lipinski definition) is 1. The van der Waals surface area contributed by atoms with E-state index in [0.717, 1.165) is 34.1 Å². The molecule has 0 aliphatic carbocycles. The summed E-state index contributed by atoms with van der Waals surface area (Å²) in [4.78, 5) is 9.52. The molecule has 0 amide bonds. The maximum atomic E-state index is 9.52. The Morgan fingerprint density at radius 2 is 1.60 bits per heavy atom. The summed E-state index contributed by atoms with van der Waals surface area (Å²) in [5, 5.41) is 8.15. The fourth-order valence-electron chi connectivity index (χ4n) is 0.422. The summed E-state index contributed by atoms with van der Waals surface area (Å²) in [6, 6.07) is 0. The van der Waals surface area contributed by atoms with E-state index < -0.39 is 0 Å². The van der Waals surface area contributed by atoms with Crippen molar-refractivity contribution < 1.29 is 9.90 Å². The van der Waals surface area contributed by atoms with Gasteiger partial charge >= 0.3 is 0 Å². The summed E-state index contributed by atoms with van der Waals surface area (Å²) in [5.74, 6) is 0. The molecule has 1 N–H and O–H groups in total. The van der Waals surface area contributed by atoms with E-state index in [9.17, 15) is 4.79 Å². The molecule has 0 spiro atoms. The molecule has 0 radical (unpaired) electrons. The van der Waals surface area contributed by atoms with Crippen LogP contribution < -0.4 is 0 Å². The van der Waals surface area contributed by atoms with Crippen molar-refractivity contribution in [3.63, 3.8) is 0 Å². The Hall–Kier alpha value is -0.460. The second-order valence-corrected chi connectivity index (χ2v) is 3.69. The fourth-order valence-corrected chi connectivity index (χ4v) is 0.422. The van der Waals surface area contributed by atoms with Gasteiger partial charge in [-0.3, -0.25) is 0 Å². The van der Waals surface area contributed by atoms with Gasteiger partial charge in [0.05, 0.1) is 0 Å². The molecule has 90 valence electrons. The van der Waals surface area contributed by atoms with Gasteiger partial charge in [-0.25, -0.2) is 0 Å². The zero-order valence-electron chi connectivity index (χ0n) is 10.0. The van der Waals surface area contributed by atoms with Gasteiger partial charge in [0.15, 0.2) is 0 Å². The van der Waals surface area contributed by atoms with Crippen LogP contribution in [0, 0.1) is 0 Å². The molecule has 0 aromatic rings. The molecular weight excluding hydrogens is 207 g/mol. The quantitative estimate of drug-likeness (QED) is 0.331. The monoisotopic (exact) mass is 232 g/mol. The number of hydrogen-bond acceptors (Lipinski definition) is 2. The lowest BCUT2D eigenvalue weighted by molar-refractivity contribution is -0.107. The SMILES string of the molecule is C=CCCC=O.C=CCCCO.CPC. The summed E-state index contributed by atoms with van der Waals surface area (Å²) in [6.45, 7) is 11.5. The highest BCUT2D eigenvalue weighted by Gasteiger charge is 1.72. The van der Waals surface area contributed by atoms with Gasteiger partial charge in [0.2, 0.25) is 0 Å². The Balaban J connectivity index is -0.000000153. The van der Waals surface area contributed by atoms with Gasteiger partial charge in [0, 0.05) is 13.0 Å². The summed E-state index contributed by atoms with van der Waals surface area (Å²) in [5.41, 5.74) is 0. The molecule has 0 aromatic carbocycles. The summed E-state index contributed by atoms with van der Waals surface area (Å²) in [7, 11) is 1.08. The number of carbonyl (C=O) groups excluding carboxylic acids is 1. The summed E-state index contributed by atoms with van der Waals surface area (Å²) in [6.07, 6.45) is 7.62. The second-order valence-electron chi connectivity index (χ2n) is 2.69. The first-order valence-corrected chi connectivity index (χ1v) is 7.09. The van der Waals surface area contributed by atoms with Crippen LogP contribution >= 0.6 is 8.58 Å². The van der Waals surface area contributed by atoms with Gasteiger partial charge in [-0.1, -0.05) is 12.2 Å². The lowest BCUT2D eigenvalue weighted by Gasteiger charge is -1.81. The number of allylic oxidation sites excluding steroid dienone is 2. The molecular formula is C12H25O2P. The van der Waals surface area contributed by atoms with Crippen LogP contribution in [0.2, 0.25) is 0 Å². The van der Waals surface area contributed by atoms with E-state index in [1.54, 1.807) is 12.2 Å². The molecule has 0 saturated carbocycles. The van der Waals surface area contributed by atoms with Gasteiger partial charge in [0.1, 0.15) is 6.29 Å². The minimum Gasteiger partial charge on any atom is -0.396 e. The number of carbonyl (C=O) groups is 1. The molecule has 2 nitrogen and oxygen atoms in total. The first kappa shape index (κ1) is 20.0. The molecule has 3 heteroatoms. The van der Waals surface area contributed by atoms with Crippen molar-refractivity contribution >= 4 is 14.9 Å². The predicted octanol–water partition coefficient (Wildman–Crippen LogP) is 3.02. The van der Waals surface area contributed by atoms with E-state index in [-0.39, 0.29) is 6.61 Å². The third-order valence-electron chi connectivity index (χ3n) is 1.06. The first-order valence-electron chi connectivity index (χ1n) is 5.09. The second kappa shape index (κ2) is 29.2. The number of unbranched alkanes of at least 4 members (excludes halogenated alkanes) is 2. The maximum absolute atomic E-state index is 9.52. The van der Waals surface area contributed by atoms with Crippen LogP contribution in [0.5, 0.6) is 0 Å². The van der Waals surface area contributed by atoms with E-state index in [1.165, 1.54) is 0 Å². The predicted molar refractivity (Wildman–Crippen MR) is 72.2 cm³/mol. The van der Waals surface area contributed by atoms with Crippen molar-refractivity contribution in [2.45, 2.75) is 25.7 Å². The Labute approximate surface area is 96.3 Å². The molecule has 0 fully saturated rings. The third-order valence-corrected chi connectivity index (χ3v) is 1.06. The van der Waals surface area contributed by atoms with Crippen molar-refractivity contribution in [3.05, 3.63) is 25.3 Å². The number of rotatable bonds is 6. The van der Waals surface area contributed by atoms with E-state index in [2.05, 4.69) is 26.5 Å². The van der Waals surface area contributed by atoms with Gasteiger partial charge in [0.25, 0.3) is 0 Å². The van der Waals surface area contributed by atoms with Crippen molar-refractivity contribution in [1.29, 1.82) is 0 Å². The topological polar surface area (TPSA) is 37.3 Å². The van der Waals surface area contributed by atoms with Crippen molar-refractivity contribution in [1.82, 2.24) is 0 Å². The smallest absolute Gasteiger partial charge is 0.120 e. The zero-order chi connectivity index (χ0) is 12.4. The Kier molecular flexibility index (Phi) is 39.0. The number of aliphatic hydroxyl groups excluding tert-OH is 1. The lowest BCUT2D eigenvalue weighted by atomic mass is 10.3.